The summed E-state index contributed by atoms with van der Waals surface area (Å²) in [6, 6.07) is 0.0493. The third kappa shape index (κ3) is 3.27. The average Bonchev–Trinajstić information content (AvgIpc) is 2.68. The lowest BCUT2D eigenvalue weighted by molar-refractivity contribution is 0.322. The van der Waals surface area contributed by atoms with Gasteiger partial charge in [-0.3, -0.25) is 0 Å². The van der Waals surface area contributed by atoms with Crippen LogP contribution >= 0.6 is 11.3 Å². The number of sulfonamides is 1. The number of piperidine rings is 1. The summed E-state index contributed by atoms with van der Waals surface area (Å²) in [6.45, 7) is 5.77. The predicted molar refractivity (Wildman–Crippen MR) is 79.4 cm³/mol. The first-order chi connectivity index (χ1) is 8.79. The van der Waals surface area contributed by atoms with Gasteiger partial charge in [-0.15, -0.1) is 11.3 Å². The van der Waals surface area contributed by atoms with E-state index in [4.69, 9.17) is 0 Å². The van der Waals surface area contributed by atoms with Gasteiger partial charge in [-0.05, 0) is 26.7 Å². The van der Waals surface area contributed by atoms with Crippen LogP contribution in [0.2, 0.25) is 0 Å². The fraction of sp³-hybridized carbons (Fsp3) is 0.750. The van der Waals surface area contributed by atoms with Crippen LogP contribution < -0.4 is 4.90 Å². The quantitative estimate of drug-likeness (QED) is 0.851. The standard InChI is InChI=1S/C12H21N3O2S2/c1-9-10(2)18-12(13-9)15-7-5-6-11(8-15)14(3)19(4,16)17/h11H,5-8H2,1-4H3. The van der Waals surface area contributed by atoms with Crippen molar-refractivity contribution in [3.63, 3.8) is 0 Å². The van der Waals surface area contributed by atoms with E-state index >= 15 is 0 Å². The second kappa shape index (κ2) is 5.38. The molecule has 0 bridgehead atoms. The molecule has 0 aliphatic carbocycles. The van der Waals surface area contributed by atoms with E-state index in [-0.39, 0.29) is 6.04 Å². The molecule has 2 rings (SSSR count). The van der Waals surface area contributed by atoms with Gasteiger partial charge in [-0.1, -0.05) is 0 Å². The van der Waals surface area contributed by atoms with Gasteiger partial charge in [0.15, 0.2) is 5.13 Å². The molecule has 1 saturated heterocycles. The Kier molecular flexibility index (Phi) is 4.17. The van der Waals surface area contributed by atoms with Crippen LogP contribution in [-0.2, 0) is 10.0 Å². The van der Waals surface area contributed by atoms with Gasteiger partial charge in [0.2, 0.25) is 10.0 Å². The zero-order valence-electron chi connectivity index (χ0n) is 11.9. The van der Waals surface area contributed by atoms with Gasteiger partial charge in [-0.2, -0.15) is 0 Å². The molecule has 0 spiro atoms. The van der Waals surface area contributed by atoms with Gasteiger partial charge >= 0.3 is 0 Å². The van der Waals surface area contributed by atoms with Crippen molar-refractivity contribution < 1.29 is 8.42 Å². The lowest BCUT2D eigenvalue weighted by Gasteiger charge is -2.36. The lowest BCUT2D eigenvalue weighted by atomic mass is 10.1. The van der Waals surface area contributed by atoms with E-state index in [1.54, 1.807) is 18.4 Å². The molecule has 19 heavy (non-hydrogen) atoms. The van der Waals surface area contributed by atoms with Crippen LogP contribution in [0.4, 0.5) is 5.13 Å². The Labute approximate surface area is 119 Å². The molecule has 0 aromatic carbocycles. The highest BCUT2D eigenvalue weighted by Gasteiger charge is 2.29. The van der Waals surface area contributed by atoms with Crippen molar-refractivity contribution in [3.8, 4) is 0 Å². The molecule has 1 aromatic heterocycles. The Balaban J connectivity index is 2.13. The van der Waals surface area contributed by atoms with Gasteiger partial charge in [0.05, 0.1) is 11.9 Å². The molecule has 1 aliphatic heterocycles. The van der Waals surface area contributed by atoms with E-state index < -0.39 is 10.0 Å². The first kappa shape index (κ1) is 14.7. The Morgan fingerprint density at radius 1 is 1.42 bits per heavy atom. The number of aromatic nitrogens is 1. The molecule has 1 atom stereocenters. The summed E-state index contributed by atoms with van der Waals surface area (Å²) in [5.41, 5.74) is 1.07. The molecule has 1 aromatic rings. The van der Waals surface area contributed by atoms with Crippen LogP contribution in [0.5, 0.6) is 0 Å². The molecule has 108 valence electrons. The fourth-order valence-electron chi connectivity index (χ4n) is 2.29. The molecule has 0 saturated carbocycles. The van der Waals surface area contributed by atoms with E-state index in [1.807, 2.05) is 6.92 Å². The van der Waals surface area contributed by atoms with Crippen LogP contribution in [0, 0.1) is 13.8 Å². The molecule has 5 nitrogen and oxygen atoms in total. The summed E-state index contributed by atoms with van der Waals surface area (Å²) in [5.74, 6) is 0. The van der Waals surface area contributed by atoms with Crippen molar-refractivity contribution >= 4 is 26.5 Å². The Morgan fingerprint density at radius 2 is 2.11 bits per heavy atom. The first-order valence-electron chi connectivity index (χ1n) is 6.41. The van der Waals surface area contributed by atoms with Crippen molar-refractivity contribution in [3.05, 3.63) is 10.6 Å². The van der Waals surface area contributed by atoms with Gasteiger partial charge in [0, 0.05) is 31.1 Å². The zero-order valence-corrected chi connectivity index (χ0v) is 13.5. The molecule has 1 fully saturated rings. The number of thiazole rings is 1. The van der Waals surface area contributed by atoms with Crippen molar-refractivity contribution in [1.29, 1.82) is 0 Å². The highest BCUT2D eigenvalue weighted by atomic mass is 32.2. The Morgan fingerprint density at radius 3 is 2.63 bits per heavy atom. The maximum absolute atomic E-state index is 11.6. The second-order valence-electron chi connectivity index (χ2n) is 5.16. The second-order valence-corrected chi connectivity index (χ2v) is 8.38. The number of aryl methyl sites for hydroxylation is 2. The maximum atomic E-state index is 11.6. The SMILES string of the molecule is Cc1nc(N2CCCC(N(C)S(C)(=O)=O)C2)sc1C. The lowest BCUT2D eigenvalue weighted by Crippen LogP contribution is -2.48. The van der Waals surface area contributed by atoms with Crippen molar-refractivity contribution in [1.82, 2.24) is 9.29 Å². The summed E-state index contributed by atoms with van der Waals surface area (Å²) >= 11 is 1.69. The van der Waals surface area contributed by atoms with Crippen LogP contribution in [0.25, 0.3) is 0 Å². The summed E-state index contributed by atoms with van der Waals surface area (Å²) in [6.07, 6.45) is 3.19. The predicted octanol–water partition coefficient (Wildman–Crippen LogP) is 1.62. The summed E-state index contributed by atoms with van der Waals surface area (Å²) < 4.78 is 24.7. The normalized spacial score (nSPS) is 21.1. The van der Waals surface area contributed by atoms with E-state index in [1.165, 1.54) is 15.4 Å². The summed E-state index contributed by atoms with van der Waals surface area (Å²) in [4.78, 5) is 8.01. The first-order valence-corrected chi connectivity index (χ1v) is 9.07. The van der Waals surface area contributed by atoms with Gasteiger partial charge < -0.3 is 4.90 Å². The number of rotatable bonds is 3. The monoisotopic (exact) mass is 303 g/mol. The van der Waals surface area contributed by atoms with Crippen molar-refractivity contribution in [2.75, 3.05) is 31.3 Å². The number of hydrogen-bond donors (Lipinski definition) is 0. The number of anilines is 1. The van der Waals surface area contributed by atoms with Crippen LogP contribution in [-0.4, -0.2) is 50.1 Å². The highest BCUT2D eigenvalue weighted by Crippen LogP contribution is 2.28. The van der Waals surface area contributed by atoms with Crippen LogP contribution in [0.1, 0.15) is 23.4 Å². The molecule has 0 radical (unpaired) electrons. The fourth-order valence-corrected chi connectivity index (χ4v) is 3.95. The molecule has 0 N–H and O–H groups in total. The topological polar surface area (TPSA) is 53.5 Å². The van der Waals surface area contributed by atoms with E-state index in [2.05, 4.69) is 16.8 Å². The zero-order chi connectivity index (χ0) is 14.2. The van der Waals surface area contributed by atoms with Gasteiger partial charge in [-0.25, -0.2) is 17.7 Å². The number of nitrogens with zero attached hydrogens (tertiary/aromatic N) is 3. The molecule has 2 heterocycles. The minimum absolute atomic E-state index is 0.0493. The third-order valence-electron chi connectivity index (χ3n) is 3.72. The molecule has 1 unspecified atom stereocenters. The van der Waals surface area contributed by atoms with Crippen LogP contribution in [0.15, 0.2) is 0 Å². The minimum atomic E-state index is -3.12. The Hall–Kier alpha value is -0.660. The van der Waals surface area contributed by atoms with Crippen LogP contribution in [0.3, 0.4) is 0 Å². The van der Waals surface area contributed by atoms with E-state index in [9.17, 15) is 8.42 Å². The minimum Gasteiger partial charge on any atom is -0.346 e. The van der Waals surface area contributed by atoms with Gasteiger partial charge in [0.25, 0.3) is 0 Å². The number of hydrogen-bond acceptors (Lipinski definition) is 5. The Bertz CT molecular complexity index is 534. The van der Waals surface area contributed by atoms with Gasteiger partial charge in [0.1, 0.15) is 0 Å². The molecule has 0 amide bonds. The van der Waals surface area contributed by atoms with E-state index in [0.717, 1.165) is 36.8 Å². The number of likely N-dealkylation sites (N-methyl/N-ethyl adjacent to an activating group) is 1. The van der Waals surface area contributed by atoms with E-state index in [0.29, 0.717) is 0 Å². The average molecular weight is 303 g/mol. The molecule has 1 aliphatic rings. The van der Waals surface area contributed by atoms with Crippen molar-refractivity contribution in [2.45, 2.75) is 32.7 Å². The van der Waals surface area contributed by atoms with Crippen molar-refractivity contribution in [2.24, 2.45) is 0 Å². The summed E-state index contributed by atoms with van der Waals surface area (Å²) in [7, 11) is -1.45. The third-order valence-corrected chi connectivity index (χ3v) is 6.20. The molecular weight excluding hydrogens is 282 g/mol. The maximum Gasteiger partial charge on any atom is 0.211 e. The largest absolute Gasteiger partial charge is 0.346 e. The molecule has 7 heteroatoms. The molecular formula is C12H21N3O2S2. The highest BCUT2D eigenvalue weighted by molar-refractivity contribution is 7.88. The smallest absolute Gasteiger partial charge is 0.211 e. The summed E-state index contributed by atoms with van der Waals surface area (Å²) in [5, 5.41) is 1.02.